The first kappa shape index (κ1) is 17.1. The zero-order valence-corrected chi connectivity index (χ0v) is 15.1. The molecule has 0 aliphatic heterocycles. The Kier molecular flexibility index (Phi) is 5.38. The summed E-state index contributed by atoms with van der Waals surface area (Å²) >= 11 is 0. The topological polar surface area (TPSA) is 70.0 Å². The molecule has 3 N–H and O–H groups in total. The quantitative estimate of drug-likeness (QED) is 0.478. The maximum atomic E-state index is 4.62. The average Bonchev–Trinajstić information content (AvgIpc) is 3.18. The van der Waals surface area contributed by atoms with Crippen LogP contribution >= 0.6 is 0 Å². The van der Waals surface area contributed by atoms with E-state index in [1.807, 2.05) is 19.4 Å². The molecule has 0 radical (unpaired) electrons. The number of H-pyrrole nitrogens is 1. The summed E-state index contributed by atoms with van der Waals surface area (Å²) in [5.41, 5.74) is 4.90. The van der Waals surface area contributed by atoms with Gasteiger partial charge in [-0.25, -0.2) is 4.99 Å². The molecule has 6 heteroatoms. The Bertz CT molecular complexity index is 858. The SMILES string of the molecule is CCNC(=NCc1cnn(C)c1)NCCc1c[nH]c2cc(C)ccc12. The smallest absolute Gasteiger partial charge is 0.191 e. The van der Waals surface area contributed by atoms with Gasteiger partial charge in [-0.15, -0.1) is 0 Å². The van der Waals surface area contributed by atoms with E-state index in [2.05, 4.69) is 64.0 Å². The highest BCUT2D eigenvalue weighted by Crippen LogP contribution is 2.19. The van der Waals surface area contributed by atoms with Crippen molar-refractivity contribution in [3.05, 3.63) is 53.5 Å². The number of aliphatic imine (C=N–C) groups is 1. The Morgan fingerprint density at radius 3 is 2.96 bits per heavy atom. The minimum Gasteiger partial charge on any atom is -0.361 e. The van der Waals surface area contributed by atoms with Crippen molar-refractivity contribution >= 4 is 16.9 Å². The van der Waals surface area contributed by atoms with Gasteiger partial charge in [-0.2, -0.15) is 5.10 Å². The molecule has 6 nitrogen and oxygen atoms in total. The van der Waals surface area contributed by atoms with Crippen molar-refractivity contribution in [2.45, 2.75) is 26.8 Å². The summed E-state index contributed by atoms with van der Waals surface area (Å²) in [5.74, 6) is 0.835. The molecular weight excluding hydrogens is 312 g/mol. The minimum absolute atomic E-state index is 0.621. The Hall–Kier alpha value is -2.76. The molecule has 25 heavy (non-hydrogen) atoms. The molecular formula is C19H26N6. The zero-order valence-electron chi connectivity index (χ0n) is 15.1. The molecule has 0 amide bonds. The average molecular weight is 338 g/mol. The van der Waals surface area contributed by atoms with Crippen molar-refractivity contribution in [1.82, 2.24) is 25.4 Å². The minimum atomic E-state index is 0.621. The summed E-state index contributed by atoms with van der Waals surface area (Å²) in [4.78, 5) is 7.98. The number of hydrogen-bond acceptors (Lipinski definition) is 2. The maximum Gasteiger partial charge on any atom is 0.191 e. The first-order chi connectivity index (χ1) is 12.2. The highest BCUT2D eigenvalue weighted by molar-refractivity contribution is 5.84. The van der Waals surface area contributed by atoms with Crippen molar-refractivity contribution in [2.75, 3.05) is 13.1 Å². The zero-order chi connectivity index (χ0) is 17.6. The van der Waals surface area contributed by atoms with Crippen LogP contribution in [0.4, 0.5) is 0 Å². The van der Waals surface area contributed by atoms with Crippen molar-refractivity contribution in [3.63, 3.8) is 0 Å². The molecule has 2 aromatic heterocycles. The number of hydrogen-bond donors (Lipinski definition) is 3. The predicted octanol–water partition coefficient (Wildman–Crippen LogP) is 2.51. The van der Waals surface area contributed by atoms with E-state index in [0.29, 0.717) is 6.54 Å². The lowest BCUT2D eigenvalue weighted by molar-refractivity contribution is 0.766. The second-order valence-electron chi connectivity index (χ2n) is 6.26. The number of guanidine groups is 1. The third kappa shape index (κ3) is 4.41. The van der Waals surface area contributed by atoms with Gasteiger partial charge in [0.1, 0.15) is 0 Å². The van der Waals surface area contributed by atoms with Crippen LogP contribution in [0.5, 0.6) is 0 Å². The van der Waals surface area contributed by atoms with Gasteiger partial charge in [0.15, 0.2) is 5.96 Å². The van der Waals surface area contributed by atoms with Crippen LogP contribution in [0.25, 0.3) is 10.9 Å². The molecule has 2 heterocycles. The molecule has 0 saturated heterocycles. The van der Waals surface area contributed by atoms with Gasteiger partial charge < -0.3 is 15.6 Å². The van der Waals surface area contributed by atoms with Crippen LogP contribution in [0.1, 0.15) is 23.6 Å². The van der Waals surface area contributed by atoms with Gasteiger partial charge in [0.25, 0.3) is 0 Å². The second kappa shape index (κ2) is 7.88. The molecule has 0 bridgehead atoms. The fourth-order valence-electron chi connectivity index (χ4n) is 2.89. The molecule has 1 aromatic carbocycles. The van der Waals surface area contributed by atoms with E-state index in [0.717, 1.165) is 31.0 Å². The monoisotopic (exact) mass is 338 g/mol. The van der Waals surface area contributed by atoms with Crippen molar-refractivity contribution in [1.29, 1.82) is 0 Å². The predicted molar refractivity (Wildman–Crippen MR) is 103 cm³/mol. The molecule has 0 unspecified atom stereocenters. The maximum absolute atomic E-state index is 4.62. The van der Waals surface area contributed by atoms with Gasteiger partial charge in [-0.3, -0.25) is 4.68 Å². The van der Waals surface area contributed by atoms with E-state index in [9.17, 15) is 0 Å². The van der Waals surface area contributed by atoms with E-state index >= 15 is 0 Å². The number of aromatic amines is 1. The van der Waals surface area contributed by atoms with E-state index < -0.39 is 0 Å². The number of benzene rings is 1. The number of aryl methyl sites for hydroxylation is 2. The number of rotatable bonds is 6. The molecule has 132 valence electrons. The Balaban J connectivity index is 1.59. The summed E-state index contributed by atoms with van der Waals surface area (Å²) in [6.07, 6.45) is 6.88. The fourth-order valence-corrected chi connectivity index (χ4v) is 2.89. The number of nitrogens with one attached hydrogen (secondary N) is 3. The highest BCUT2D eigenvalue weighted by atomic mass is 15.2. The van der Waals surface area contributed by atoms with Gasteiger partial charge in [0, 0.05) is 49.0 Å². The molecule has 3 aromatic rings. The number of nitrogens with zero attached hydrogens (tertiary/aromatic N) is 3. The van der Waals surface area contributed by atoms with Gasteiger partial charge >= 0.3 is 0 Å². The molecule has 0 aliphatic rings. The van der Waals surface area contributed by atoms with Crippen LogP contribution in [0.3, 0.4) is 0 Å². The molecule has 0 saturated carbocycles. The van der Waals surface area contributed by atoms with Crippen molar-refractivity contribution < 1.29 is 0 Å². The standard InChI is InChI=1S/C19H26N6/c1-4-20-19(23-10-15-11-24-25(3)13-15)21-8-7-16-12-22-18-9-14(2)5-6-17(16)18/h5-6,9,11-13,22H,4,7-8,10H2,1-3H3,(H2,20,21,23). The summed E-state index contributed by atoms with van der Waals surface area (Å²) in [5, 5.41) is 12.2. The third-order valence-electron chi connectivity index (χ3n) is 4.13. The van der Waals surface area contributed by atoms with Gasteiger partial charge in [-0.1, -0.05) is 12.1 Å². The Labute approximate surface area is 148 Å². The largest absolute Gasteiger partial charge is 0.361 e. The normalized spacial score (nSPS) is 11.9. The molecule has 0 atom stereocenters. The van der Waals surface area contributed by atoms with Crippen LogP contribution < -0.4 is 10.6 Å². The first-order valence-corrected chi connectivity index (χ1v) is 8.72. The lowest BCUT2D eigenvalue weighted by Gasteiger charge is -2.10. The molecule has 3 rings (SSSR count). The molecule has 0 aliphatic carbocycles. The van der Waals surface area contributed by atoms with E-state index in [4.69, 9.17) is 0 Å². The lowest BCUT2D eigenvalue weighted by atomic mass is 10.1. The second-order valence-corrected chi connectivity index (χ2v) is 6.26. The highest BCUT2D eigenvalue weighted by Gasteiger charge is 2.04. The van der Waals surface area contributed by atoms with Crippen LogP contribution in [-0.4, -0.2) is 33.8 Å². The number of fused-ring (bicyclic) bond motifs is 1. The van der Waals surface area contributed by atoms with E-state index in [1.165, 1.54) is 22.0 Å². The van der Waals surface area contributed by atoms with Crippen molar-refractivity contribution in [2.24, 2.45) is 12.0 Å². The van der Waals surface area contributed by atoms with Crippen LogP contribution in [0.15, 0.2) is 41.8 Å². The summed E-state index contributed by atoms with van der Waals surface area (Å²) in [6.45, 7) is 6.48. The number of aromatic nitrogens is 3. The van der Waals surface area contributed by atoms with Crippen LogP contribution in [-0.2, 0) is 20.0 Å². The lowest BCUT2D eigenvalue weighted by Crippen LogP contribution is -2.38. The summed E-state index contributed by atoms with van der Waals surface area (Å²) in [7, 11) is 1.92. The van der Waals surface area contributed by atoms with E-state index in [1.54, 1.807) is 4.68 Å². The third-order valence-corrected chi connectivity index (χ3v) is 4.13. The fraction of sp³-hybridized carbons (Fsp3) is 0.368. The Morgan fingerprint density at radius 1 is 1.32 bits per heavy atom. The Morgan fingerprint density at radius 2 is 2.20 bits per heavy atom. The molecule has 0 spiro atoms. The summed E-state index contributed by atoms with van der Waals surface area (Å²) < 4.78 is 1.80. The van der Waals surface area contributed by atoms with Gasteiger partial charge in [-0.05, 0) is 37.5 Å². The van der Waals surface area contributed by atoms with Crippen LogP contribution in [0.2, 0.25) is 0 Å². The van der Waals surface area contributed by atoms with Crippen LogP contribution in [0, 0.1) is 6.92 Å². The van der Waals surface area contributed by atoms with Gasteiger partial charge in [0.2, 0.25) is 0 Å². The van der Waals surface area contributed by atoms with E-state index in [-0.39, 0.29) is 0 Å². The first-order valence-electron chi connectivity index (χ1n) is 8.72. The van der Waals surface area contributed by atoms with Gasteiger partial charge in [0.05, 0.1) is 12.7 Å². The van der Waals surface area contributed by atoms with Crippen molar-refractivity contribution in [3.8, 4) is 0 Å². The molecule has 0 fully saturated rings. The summed E-state index contributed by atoms with van der Waals surface area (Å²) in [6, 6.07) is 6.54.